The van der Waals surface area contributed by atoms with Crippen molar-refractivity contribution in [2.45, 2.75) is 77.5 Å². The predicted molar refractivity (Wildman–Crippen MR) is 88.7 cm³/mol. The first-order valence-corrected chi connectivity index (χ1v) is 8.62. The maximum Gasteiger partial charge on any atom is 0.0757 e. The molecular formula is C17H36N2O2. The molecule has 1 aliphatic heterocycles. The summed E-state index contributed by atoms with van der Waals surface area (Å²) in [5, 5.41) is 13.3. The van der Waals surface area contributed by atoms with Crippen LogP contribution in [0.4, 0.5) is 0 Å². The minimum Gasteiger partial charge on any atom is -0.394 e. The predicted octanol–water partition coefficient (Wildman–Crippen LogP) is 2.41. The van der Waals surface area contributed by atoms with Gasteiger partial charge in [-0.15, -0.1) is 0 Å². The van der Waals surface area contributed by atoms with Gasteiger partial charge in [-0.1, -0.05) is 13.8 Å². The Bertz CT molecular complexity index is 291. The van der Waals surface area contributed by atoms with Crippen molar-refractivity contribution in [1.29, 1.82) is 0 Å². The van der Waals surface area contributed by atoms with Crippen molar-refractivity contribution < 1.29 is 9.84 Å². The first-order chi connectivity index (χ1) is 9.86. The molecule has 2 atom stereocenters. The molecule has 0 bridgehead atoms. The third kappa shape index (κ3) is 6.23. The third-order valence-corrected chi connectivity index (χ3v) is 4.50. The number of rotatable bonds is 9. The van der Waals surface area contributed by atoms with Crippen molar-refractivity contribution in [3.63, 3.8) is 0 Å². The number of aliphatic hydroxyl groups is 1. The second-order valence-electron chi connectivity index (χ2n) is 7.25. The van der Waals surface area contributed by atoms with Gasteiger partial charge in [0.1, 0.15) is 0 Å². The molecule has 1 fully saturated rings. The van der Waals surface area contributed by atoms with Crippen molar-refractivity contribution in [3.8, 4) is 0 Å². The normalized spacial score (nSPS) is 25.7. The van der Waals surface area contributed by atoms with E-state index in [1.165, 1.54) is 0 Å². The number of hydrogen-bond acceptors (Lipinski definition) is 4. The van der Waals surface area contributed by atoms with Gasteiger partial charge < -0.3 is 15.2 Å². The zero-order valence-corrected chi connectivity index (χ0v) is 14.7. The molecule has 1 heterocycles. The fourth-order valence-electron chi connectivity index (χ4n) is 3.42. The van der Waals surface area contributed by atoms with Gasteiger partial charge in [0.15, 0.2) is 0 Å². The fourth-order valence-corrected chi connectivity index (χ4v) is 3.42. The molecule has 0 aromatic heterocycles. The maximum absolute atomic E-state index is 9.77. The van der Waals surface area contributed by atoms with Crippen molar-refractivity contribution in [1.82, 2.24) is 10.2 Å². The van der Waals surface area contributed by atoms with Crippen LogP contribution in [0, 0.1) is 0 Å². The minimum absolute atomic E-state index is 0.0447. The lowest BCUT2D eigenvalue weighted by atomic mass is 9.90. The van der Waals surface area contributed by atoms with E-state index in [4.69, 9.17) is 4.74 Å². The number of morpholine rings is 1. The monoisotopic (exact) mass is 300 g/mol. The lowest BCUT2D eigenvalue weighted by Gasteiger charge is -2.42. The average molecular weight is 300 g/mol. The molecule has 4 nitrogen and oxygen atoms in total. The quantitative estimate of drug-likeness (QED) is 0.686. The van der Waals surface area contributed by atoms with Crippen LogP contribution in [-0.4, -0.2) is 60.0 Å². The van der Waals surface area contributed by atoms with Crippen LogP contribution in [0.2, 0.25) is 0 Å². The summed E-state index contributed by atoms with van der Waals surface area (Å²) in [6, 6.07) is 0. The molecule has 21 heavy (non-hydrogen) atoms. The van der Waals surface area contributed by atoms with E-state index < -0.39 is 0 Å². The highest BCUT2D eigenvalue weighted by Gasteiger charge is 2.32. The number of aliphatic hydroxyl groups excluding tert-OH is 1. The van der Waals surface area contributed by atoms with Crippen molar-refractivity contribution in [2.24, 2.45) is 0 Å². The summed E-state index contributed by atoms with van der Waals surface area (Å²) < 4.78 is 5.95. The van der Waals surface area contributed by atoms with Gasteiger partial charge in [-0.05, 0) is 59.5 Å². The SMILES string of the molecule is CCCNC(CC)(CO)CCCN1CC(C)OC(C)(C)C1. The summed E-state index contributed by atoms with van der Waals surface area (Å²) in [4.78, 5) is 2.51. The molecule has 0 saturated carbocycles. The summed E-state index contributed by atoms with van der Waals surface area (Å²) >= 11 is 0. The molecular weight excluding hydrogens is 264 g/mol. The van der Waals surface area contributed by atoms with Gasteiger partial charge in [-0.3, -0.25) is 4.90 Å². The average Bonchev–Trinajstić information content (AvgIpc) is 2.41. The van der Waals surface area contributed by atoms with Crippen LogP contribution in [-0.2, 0) is 4.74 Å². The van der Waals surface area contributed by atoms with Gasteiger partial charge in [-0.2, -0.15) is 0 Å². The molecule has 4 heteroatoms. The summed E-state index contributed by atoms with van der Waals surface area (Å²) in [5.41, 5.74) is -0.139. The van der Waals surface area contributed by atoms with E-state index in [1.807, 2.05) is 0 Å². The molecule has 0 spiro atoms. The Morgan fingerprint density at radius 2 is 2.10 bits per heavy atom. The fraction of sp³-hybridized carbons (Fsp3) is 1.00. The summed E-state index contributed by atoms with van der Waals surface area (Å²) in [6.07, 6.45) is 4.55. The summed E-state index contributed by atoms with van der Waals surface area (Å²) in [7, 11) is 0. The standard InChI is InChI=1S/C17H36N2O2/c1-6-10-18-17(7-2,14-20)9-8-11-19-12-15(3)21-16(4,5)13-19/h15,18,20H,6-14H2,1-5H3. The Morgan fingerprint density at radius 3 is 2.62 bits per heavy atom. The van der Waals surface area contributed by atoms with E-state index in [2.05, 4.69) is 44.8 Å². The van der Waals surface area contributed by atoms with Crippen LogP contribution in [0.15, 0.2) is 0 Å². The van der Waals surface area contributed by atoms with Crippen LogP contribution in [0.5, 0.6) is 0 Å². The number of nitrogens with one attached hydrogen (secondary N) is 1. The lowest BCUT2D eigenvalue weighted by Crippen LogP contribution is -2.52. The highest BCUT2D eigenvalue weighted by molar-refractivity contribution is 4.87. The van der Waals surface area contributed by atoms with E-state index in [0.717, 1.165) is 51.9 Å². The molecule has 2 unspecified atom stereocenters. The molecule has 2 N–H and O–H groups in total. The molecule has 0 aliphatic carbocycles. The summed E-state index contributed by atoms with van der Waals surface area (Å²) in [6.45, 7) is 15.1. The molecule has 0 radical (unpaired) electrons. The van der Waals surface area contributed by atoms with Crippen molar-refractivity contribution in [2.75, 3.05) is 32.8 Å². The van der Waals surface area contributed by atoms with E-state index >= 15 is 0 Å². The highest BCUT2D eigenvalue weighted by Crippen LogP contribution is 2.22. The Kier molecular flexibility index (Phi) is 7.62. The Morgan fingerprint density at radius 1 is 1.38 bits per heavy atom. The van der Waals surface area contributed by atoms with Crippen LogP contribution in [0.1, 0.15) is 60.3 Å². The topological polar surface area (TPSA) is 44.7 Å². The van der Waals surface area contributed by atoms with Crippen molar-refractivity contribution in [3.05, 3.63) is 0 Å². The lowest BCUT2D eigenvalue weighted by molar-refractivity contribution is -0.129. The van der Waals surface area contributed by atoms with E-state index in [0.29, 0.717) is 6.10 Å². The zero-order valence-electron chi connectivity index (χ0n) is 14.7. The Labute approximate surface area is 131 Å². The van der Waals surface area contributed by atoms with Crippen molar-refractivity contribution >= 4 is 0 Å². The minimum atomic E-state index is -0.0938. The smallest absolute Gasteiger partial charge is 0.0757 e. The van der Waals surface area contributed by atoms with Gasteiger partial charge in [0.25, 0.3) is 0 Å². The van der Waals surface area contributed by atoms with Gasteiger partial charge in [0.05, 0.1) is 18.3 Å². The summed E-state index contributed by atoms with van der Waals surface area (Å²) in [5.74, 6) is 0. The van der Waals surface area contributed by atoms with E-state index in [-0.39, 0.29) is 17.7 Å². The molecule has 126 valence electrons. The van der Waals surface area contributed by atoms with E-state index in [1.54, 1.807) is 0 Å². The molecule has 0 aromatic rings. The van der Waals surface area contributed by atoms with Crippen LogP contribution in [0.3, 0.4) is 0 Å². The molecule has 1 saturated heterocycles. The second-order valence-corrected chi connectivity index (χ2v) is 7.25. The van der Waals surface area contributed by atoms with Crippen LogP contribution < -0.4 is 5.32 Å². The van der Waals surface area contributed by atoms with Gasteiger partial charge in [-0.25, -0.2) is 0 Å². The largest absolute Gasteiger partial charge is 0.394 e. The van der Waals surface area contributed by atoms with Crippen LogP contribution >= 0.6 is 0 Å². The zero-order chi connectivity index (χ0) is 15.9. The molecule has 0 aromatic carbocycles. The van der Waals surface area contributed by atoms with Crippen LogP contribution in [0.25, 0.3) is 0 Å². The molecule has 1 rings (SSSR count). The first-order valence-electron chi connectivity index (χ1n) is 8.62. The Hall–Kier alpha value is -0.160. The van der Waals surface area contributed by atoms with E-state index in [9.17, 15) is 5.11 Å². The highest BCUT2D eigenvalue weighted by atomic mass is 16.5. The number of nitrogens with zero attached hydrogens (tertiary/aromatic N) is 1. The maximum atomic E-state index is 9.77. The third-order valence-electron chi connectivity index (χ3n) is 4.50. The number of ether oxygens (including phenoxy) is 1. The van der Waals surface area contributed by atoms with Gasteiger partial charge >= 0.3 is 0 Å². The number of hydrogen-bond donors (Lipinski definition) is 2. The first kappa shape index (κ1) is 18.9. The van der Waals surface area contributed by atoms with Gasteiger partial charge in [0, 0.05) is 18.6 Å². The Balaban J connectivity index is 2.42. The molecule has 1 aliphatic rings. The second kappa shape index (κ2) is 8.47. The molecule has 0 amide bonds. The van der Waals surface area contributed by atoms with Gasteiger partial charge in [0.2, 0.25) is 0 Å².